The number of nitrogens with one attached hydrogen (secondary N) is 1. The van der Waals surface area contributed by atoms with Gasteiger partial charge >= 0.3 is 12.0 Å². The van der Waals surface area contributed by atoms with Gasteiger partial charge in [-0.3, -0.25) is 4.90 Å². The predicted octanol–water partition coefficient (Wildman–Crippen LogP) is 4.24. The molecule has 9 heteroatoms. The van der Waals surface area contributed by atoms with E-state index in [4.69, 9.17) is 4.74 Å². The van der Waals surface area contributed by atoms with Crippen LogP contribution in [0.3, 0.4) is 0 Å². The number of urea groups is 1. The molecule has 2 aromatic carbocycles. The lowest BCUT2D eigenvalue weighted by atomic mass is 9.95. The van der Waals surface area contributed by atoms with E-state index in [1.807, 2.05) is 67.1 Å². The lowest BCUT2D eigenvalue weighted by Crippen LogP contribution is -2.50. The van der Waals surface area contributed by atoms with E-state index >= 15 is 0 Å². The number of aryl methyl sites for hydroxylation is 1. The number of esters is 1. The number of carbonyl (C=O) groups is 2. The second kappa shape index (κ2) is 9.58. The number of rotatable bonds is 7. The Hall–Kier alpha value is -3.59. The molecular weight excluding hydrogens is 462 g/mol. The van der Waals surface area contributed by atoms with Gasteiger partial charge < -0.3 is 14.6 Å². The topological polar surface area (TPSA) is 89.3 Å². The highest BCUT2D eigenvalue weighted by Crippen LogP contribution is 2.40. The van der Waals surface area contributed by atoms with E-state index in [9.17, 15) is 9.59 Å². The van der Waals surface area contributed by atoms with Gasteiger partial charge in [-0.2, -0.15) is 0 Å². The van der Waals surface area contributed by atoms with E-state index in [1.165, 1.54) is 18.9 Å². The van der Waals surface area contributed by atoms with Crippen molar-refractivity contribution in [3.05, 3.63) is 77.0 Å². The SMILES string of the molecule is COC(=O)C1=C(CSc2nnc(-c3cccc(C)c3)n2C)N(C2CC2)C(=O)NC1c1ccccc1. The van der Waals surface area contributed by atoms with Crippen molar-refractivity contribution in [2.75, 3.05) is 12.9 Å². The average molecular weight is 490 g/mol. The summed E-state index contributed by atoms with van der Waals surface area (Å²) in [7, 11) is 3.30. The molecule has 2 heterocycles. The standard InChI is InChI=1S/C26H27N5O3S/c1-16-8-7-11-18(14-16)23-28-29-26(30(23)2)35-15-20-21(24(32)34-3)22(17-9-5-4-6-10-17)27-25(33)31(20)19-12-13-19/h4-11,14,19,22H,12-13,15H2,1-3H3,(H,27,33). The Morgan fingerprint density at radius 3 is 2.60 bits per heavy atom. The lowest BCUT2D eigenvalue weighted by Gasteiger charge is -2.36. The van der Waals surface area contributed by atoms with Gasteiger partial charge in [0.25, 0.3) is 0 Å². The minimum Gasteiger partial charge on any atom is -0.466 e. The molecule has 1 aliphatic heterocycles. The number of amides is 2. The van der Waals surface area contributed by atoms with Crippen molar-refractivity contribution in [1.29, 1.82) is 0 Å². The van der Waals surface area contributed by atoms with Gasteiger partial charge in [0.15, 0.2) is 11.0 Å². The van der Waals surface area contributed by atoms with Gasteiger partial charge in [0.2, 0.25) is 0 Å². The number of hydrogen-bond acceptors (Lipinski definition) is 6. The van der Waals surface area contributed by atoms with Crippen LogP contribution in [0.2, 0.25) is 0 Å². The van der Waals surface area contributed by atoms with Crippen molar-refractivity contribution in [3.8, 4) is 11.4 Å². The molecule has 180 valence electrons. The highest BCUT2D eigenvalue weighted by atomic mass is 32.2. The molecule has 35 heavy (non-hydrogen) atoms. The molecule has 1 aromatic heterocycles. The fourth-order valence-corrected chi connectivity index (χ4v) is 5.34. The lowest BCUT2D eigenvalue weighted by molar-refractivity contribution is -0.136. The fourth-order valence-electron chi connectivity index (χ4n) is 4.40. The molecule has 0 spiro atoms. The van der Waals surface area contributed by atoms with Crippen LogP contribution in [0.25, 0.3) is 11.4 Å². The summed E-state index contributed by atoms with van der Waals surface area (Å²) in [4.78, 5) is 28.0. The largest absolute Gasteiger partial charge is 0.466 e. The van der Waals surface area contributed by atoms with Crippen molar-refractivity contribution in [2.24, 2.45) is 7.05 Å². The van der Waals surface area contributed by atoms with Crippen LogP contribution in [-0.4, -0.2) is 50.6 Å². The smallest absolute Gasteiger partial charge is 0.338 e. The molecule has 2 aliphatic rings. The first-order chi connectivity index (χ1) is 17.0. The van der Waals surface area contributed by atoms with Crippen molar-refractivity contribution in [3.63, 3.8) is 0 Å². The summed E-state index contributed by atoms with van der Waals surface area (Å²) in [5.74, 6) is 0.705. The molecule has 5 rings (SSSR count). The van der Waals surface area contributed by atoms with Crippen molar-refractivity contribution in [1.82, 2.24) is 25.0 Å². The quantitative estimate of drug-likeness (QED) is 0.395. The fraction of sp³-hybridized carbons (Fsp3) is 0.308. The first kappa shape index (κ1) is 23.2. The second-order valence-electron chi connectivity index (χ2n) is 8.77. The zero-order chi connectivity index (χ0) is 24.5. The van der Waals surface area contributed by atoms with Crippen LogP contribution in [0.4, 0.5) is 4.79 Å². The van der Waals surface area contributed by atoms with Crippen molar-refractivity contribution >= 4 is 23.8 Å². The zero-order valence-electron chi connectivity index (χ0n) is 19.9. The summed E-state index contributed by atoms with van der Waals surface area (Å²) in [6.07, 6.45) is 1.82. The van der Waals surface area contributed by atoms with Crippen LogP contribution in [0, 0.1) is 6.92 Å². The average Bonchev–Trinajstić information content (AvgIpc) is 3.64. The first-order valence-corrected chi connectivity index (χ1v) is 12.5. The second-order valence-corrected chi connectivity index (χ2v) is 9.71. The molecule has 1 N–H and O–H groups in total. The molecule has 1 saturated carbocycles. The Morgan fingerprint density at radius 2 is 1.91 bits per heavy atom. The van der Waals surface area contributed by atoms with E-state index in [-0.39, 0.29) is 12.1 Å². The maximum Gasteiger partial charge on any atom is 0.338 e. The van der Waals surface area contributed by atoms with Crippen LogP contribution in [0.1, 0.15) is 30.0 Å². The highest BCUT2D eigenvalue weighted by Gasteiger charge is 2.44. The Bertz CT molecular complexity index is 1300. The summed E-state index contributed by atoms with van der Waals surface area (Å²) in [6.45, 7) is 2.04. The van der Waals surface area contributed by atoms with Crippen LogP contribution in [-0.2, 0) is 16.6 Å². The number of methoxy groups -OCH3 is 1. The van der Waals surface area contributed by atoms with Crippen LogP contribution in [0.5, 0.6) is 0 Å². The molecule has 1 atom stereocenters. The van der Waals surface area contributed by atoms with Gasteiger partial charge in [-0.15, -0.1) is 10.2 Å². The number of carbonyl (C=O) groups excluding carboxylic acids is 2. The minimum absolute atomic E-state index is 0.0873. The Morgan fingerprint density at radius 1 is 1.14 bits per heavy atom. The molecule has 2 amide bonds. The molecule has 1 fully saturated rings. The number of benzene rings is 2. The third kappa shape index (κ3) is 4.55. The summed E-state index contributed by atoms with van der Waals surface area (Å²) in [5.41, 5.74) is 4.09. The summed E-state index contributed by atoms with van der Waals surface area (Å²) in [5, 5.41) is 12.5. The van der Waals surface area contributed by atoms with E-state index in [0.29, 0.717) is 22.2 Å². The van der Waals surface area contributed by atoms with Crippen LogP contribution >= 0.6 is 11.8 Å². The molecule has 1 unspecified atom stereocenters. The molecule has 3 aromatic rings. The van der Waals surface area contributed by atoms with E-state index in [2.05, 4.69) is 21.6 Å². The van der Waals surface area contributed by atoms with Gasteiger partial charge in [-0.05, 0) is 31.4 Å². The Balaban J connectivity index is 1.51. The van der Waals surface area contributed by atoms with E-state index < -0.39 is 12.0 Å². The van der Waals surface area contributed by atoms with Gasteiger partial charge in [-0.25, -0.2) is 9.59 Å². The van der Waals surface area contributed by atoms with Gasteiger partial charge in [0.1, 0.15) is 0 Å². The van der Waals surface area contributed by atoms with Gasteiger partial charge in [-0.1, -0.05) is 65.9 Å². The Labute approximate surface area is 208 Å². The summed E-state index contributed by atoms with van der Waals surface area (Å²) in [6, 6.07) is 16.9. The predicted molar refractivity (Wildman–Crippen MR) is 134 cm³/mol. The first-order valence-electron chi connectivity index (χ1n) is 11.5. The summed E-state index contributed by atoms with van der Waals surface area (Å²) < 4.78 is 7.13. The molecule has 0 radical (unpaired) electrons. The van der Waals surface area contributed by atoms with E-state index in [0.717, 1.165) is 35.4 Å². The molecule has 0 bridgehead atoms. The van der Waals surface area contributed by atoms with Crippen molar-refractivity contribution < 1.29 is 14.3 Å². The minimum atomic E-state index is -0.580. The normalized spacial score (nSPS) is 18.0. The Kier molecular flexibility index (Phi) is 6.34. The number of thioether (sulfide) groups is 1. The molecular formula is C26H27N5O3S. The number of aromatic nitrogens is 3. The van der Waals surface area contributed by atoms with Crippen LogP contribution in [0.15, 0.2) is 71.0 Å². The monoisotopic (exact) mass is 489 g/mol. The molecule has 8 nitrogen and oxygen atoms in total. The highest BCUT2D eigenvalue weighted by molar-refractivity contribution is 7.99. The third-order valence-corrected chi connectivity index (χ3v) is 7.31. The third-order valence-electron chi connectivity index (χ3n) is 6.28. The molecule has 1 aliphatic carbocycles. The number of nitrogens with zero attached hydrogens (tertiary/aromatic N) is 4. The van der Waals surface area contributed by atoms with E-state index in [1.54, 1.807) is 4.90 Å². The van der Waals surface area contributed by atoms with Gasteiger partial charge in [0.05, 0.1) is 18.7 Å². The van der Waals surface area contributed by atoms with Crippen molar-refractivity contribution in [2.45, 2.75) is 37.0 Å². The maximum atomic E-state index is 13.2. The van der Waals surface area contributed by atoms with Gasteiger partial charge in [0, 0.05) is 30.1 Å². The number of hydrogen-bond donors (Lipinski definition) is 1. The maximum absolute atomic E-state index is 13.2. The zero-order valence-corrected chi connectivity index (χ0v) is 20.7. The van der Waals surface area contributed by atoms with Crippen LogP contribution < -0.4 is 5.32 Å². The molecule has 0 saturated heterocycles. The number of ether oxygens (including phenoxy) is 1. The summed E-state index contributed by atoms with van der Waals surface area (Å²) >= 11 is 1.46.